The van der Waals surface area contributed by atoms with Crippen molar-refractivity contribution in [3.8, 4) is 5.75 Å². The van der Waals surface area contributed by atoms with Crippen molar-refractivity contribution in [1.82, 2.24) is 0 Å². The first-order valence-electron chi connectivity index (χ1n) is 6.35. The van der Waals surface area contributed by atoms with Crippen LogP contribution in [0.1, 0.15) is 12.5 Å². The molecule has 1 N–H and O–H groups in total. The number of anilines is 1. The highest BCUT2D eigenvalue weighted by molar-refractivity contribution is 5.94. The average molecular weight is 273 g/mol. The molecule has 0 saturated carbocycles. The van der Waals surface area contributed by atoms with Crippen molar-refractivity contribution in [3.63, 3.8) is 0 Å². The molecule has 0 radical (unpaired) electrons. The van der Waals surface area contributed by atoms with E-state index in [4.69, 9.17) is 4.74 Å². The van der Waals surface area contributed by atoms with Gasteiger partial charge in [-0.05, 0) is 49.7 Å². The molecule has 0 aliphatic rings. The first kappa shape index (κ1) is 14.1. The monoisotopic (exact) mass is 273 g/mol. The van der Waals surface area contributed by atoms with E-state index in [2.05, 4.69) is 5.32 Å². The first-order chi connectivity index (χ1) is 9.56. The number of ether oxygens (including phenoxy) is 1. The Balaban J connectivity index is 1.99. The molecule has 1 atom stereocenters. The molecule has 0 bridgehead atoms. The minimum absolute atomic E-state index is 0.247. The van der Waals surface area contributed by atoms with Gasteiger partial charge in [-0.15, -0.1) is 0 Å². The molecule has 0 spiro atoms. The molecule has 0 fully saturated rings. The Morgan fingerprint density at radius 2 is 1.80 bits per heavy atom. The van der Waals surface area contributed by atoms with Crippen molar-refractivity contribution in [1.29, 1.82) is 0 Å². The molecule has 104 valence electrons. The van der Waals surface area contributed by atoms with E-state index in [1.165, 1.54) is 24.3 Å². The van der Waals surface area contributed by atoms with Crippen molar-refractivity contribution < 1.29 is 13.9 Å². The van der Waals surface area contributed by atoms with E-state index in [1.54, 1.807) is 6.92 Å². The van der Waals surface area contributed by atoms with Gasteiger partial charge in [-0.3, -0.25) is 4.79 Å². The molecule has 2 aromatic rings. The molecule has 0 saturated heterocycles. The number of carbonyl (C=O) groups excluding carboxylic acids is 1. The lowest BCUT2D eigenvalue weighted by Crippen LogP contribution is -2.30. The van der Waals surface area contributed by atoms with Crippen molar-refractivity contribution >= 4 is 11.6 Å². The molecule has 2 aromatic carbocycles. The molecule has 0 aliphatic heterocycles. The van der Waals surface area contributed by atoms with Crippen LogP contribution < -0.4 is 10.1 Å². The van der Waals surface area contributed by atoms with Crippen LogP contribution in [0.2, 0.25) is 0 Å². The van der Waals surface area contributed by atoms with E-state index in [-0.39, 0.29) is 11.7 Å². The van der Waals surface area contributed by atoms with Crippen LogP contribution in [0.15, 0.2) is 48.5 Å². The van der Waals surface area contributed by atoms with Gasteiger partial charge in [0.05, 0.1) is 0 Å². The summed E-state index contributed by atoms with van der Waals surface area (Å²) in [6.45, 7) is 3.57. The Kier molecular flexibility index (Phi) is 4.35. The lowest BCUT2D eigenvalue weighted by atomic mass is 10.2. The average Bonchev–Trinajstić information content (AvgIpc) is 2.44. The Morgan fingerprint density at radius 1 is 1.15 bits per heavy atom. The highest BCUT2D eigenvalue weighted by Crippen LogP contribution is 2.16. The van der Waals surface area contributed by atoms with Crippen molar-refractivity contribution in [2.75, 3.05) is 5.32 Å². The summed E-state index contributed by atoms with van der Waals surface area (Å²) in [6, 6.07) is 13.1. The van der Waals surface area contributed by atoms with Gasteiger partial charge in [0, 0.05) is 5.69 Å². The van der Waals surface area contributed by atoms with Crippen LogP contribution in [0.25, 0.3) is 0 Å². The Morgan fingerprint density at radius 3 is 2.45 bits per heavy atom. The Hall–Kier alpha value is -2.36. The smallest absolute Gasteiger partial charge is 0.265 e. The first-order valence-corrected chi connectivity index (χ1v) is 6.35. The number of benzene rings is 2. The second-order valence-electron chi connectivity index (χ2n) is 4.52. The Bertz CT molecular complexity index is 596. The zero-order valence-corrected chi connectivity index (χ0v) is 11.4. The molecule has 20 heavy (non-hydrogen) atoms. The molecule has 0 unspecified atom stereocenters. The number of carbonyl (C=O) groups is 1. The second-order valence-corrected chi connectivity index (χ2v) is 4.52. The lowest BCUT2D eigenvalue weighted by molar-refractivity contribution is -0.122. The fourth-order valence-corrected chi connectivity index (χ4v) is 1.72. The summed E-state index contributed by atoms with van der Waals surface area (Å²) < 4.78 is 18.2. The third-order valence-corrected chi connectivity index (χ3v) is 2.90. The van der Waals surface area contributed by atoms with Crippen LogP contribution in [0, 0.1) is 12.7 Å². The van der Waals surface area contributed by atoms with E-state index in [0.29, 0.717) is 5.75 Å². The highest BCUT2D eigenvalue weighted by atomic mass is 19.1. The number of para-hydroxylation sites is 1. The summed E-state index contributed by atoms with van der Waals surface area (Å²) in [6.07, 6.45) is -0.667. The molecule has 0 heterocycles. The topological polar surface area (TPSA) is 38.3 Å². The fraction of sp³-hybridized carbons (Fsp3) is 0.188. The normalized spacial score (nSPS) is 11.8. The van der Waals surface area contributed by atoms with Crippen LogP contribution in [-0.2, 0) is 4.79 Å². The summed E-state index contributed by atoms with van der Waals surface area (Å²) >= 11 is 0. The molecular formula is C16H16FNO2. The molecule has 1 amide bonds. The lowest BCUT2D eigenvalue weighted by Gasteiger charge is -2.15. The maximum atomic E-state index is 12.8. The van der Waals surface area contributed by atoms with Crippen molar-refractivity contribution in [2.45, 2.75) is 20.0 Å². The van der Waals surface area contributed by atoms with Gasteiger partial charge in [0.1, 0.15) is 11.6 Å². The van der Waals surface area contributed by atoms with Gasteiger partial charge < -0.3 is 10.1 Å². The van der Waals surface area contributed by atoms with Crippen LogP contribution in [0.4, 0.5) is 10.1 Å². The van der Waals surface area contributed by atoms with Gasteiger partial charge in [-0.25, -0.2) is 4.39 Å². The number of nitrogens with one attached hydrogen (secondary N) is 1. The quantitative estimate of drug-likeness (QED) is 0.925. The predicted octanol–water partition coefficient (Wildman–Crippen LogP) is 3.54. The predicted molar refractivity (Wildman–Crippen MR) is 76.3 cm³/mol. The van der Waals surface area contributed by atoms with Gasteiger partial charge >= 0.3 is 0 Å². The number of aryl methyl sites for hydroxylation is 1. The van der Waals surface area contributed by atoms with Gasteiger partial charge in [-0.1, -0.05) is 18.2 Å². The van der Waals surface area contributed by atoms with Crippen LogP contribution in [-0.4, -0.2) is 12.0 Å². The summed E-state index contributed by atoms with van der Waals surface area (Å²) in [4.78, 5) is 12.0. The molecule has 0 aliphatic carbocycles. The minimum atomic E-state index is -0.667. The largest absolute Gasteiger partial charge is 0.481 e. The highest BCUT2D eigenvalue weighted by Gasteiger charge is 2.15. The summed E-state index contributed by atoms with van der Waals surface area (Å²) in [5, 5.41) is 2.80. The van der Waals surface area contributed by atoms with Gasteiger partial charge in [-0.2, -0.15) is 0 Å². The van der Waals surface area contributed by atoms with E-state index >= 15 is 0 Å². The van der Waals surface area contributed by atoms with Crippen molar-refractivity contribution in [2.24, 2.45) is 0 Å². The molecule has 4 heteroatoms. The number of hydrogen-bond donors (Lipinski definition) is 1. The van der Waals surface area contributed by atoms with Gasteiger partial charge in [0.2, 0.25) is 0 Å². The SMILES string of the molecule is Cc1ccccc1NC(=O)[C@@H](C)Oc1ccc(F)cc1. The third-order valence-electron chi connectivity index (χ3n) is 2.90. The fourth-order valence-electron chi connectivity index (χ4n) is 1.72. The molecule has 3 nitrogen and oxygen atoms in total. The van der Waals surface area contributed by atoms with E-state index in [1.807, 2.05) is 31.2 Å². The standard InChI is InChI=1S/C16H16FNO2/c1-11-5-3-4-6-15(11)18-16(19)12(2)20-14-9-7-13(17)8-10-14/h3-10,12H,1-2H3,(H,18,19)/t12-/m1/s1. The maximum Gasteiger partial charge on any atom is 0.265 e. The van der Waals surface area contributed by atoms with E-state index in [9.17, 15) is 9.18 Å². The number of rotatable bonds is 4. The number of hydrogen-bond acceptors (Lipinski definition) is 2. The Labute approximate surface area is 117 Å². The van der Waals surface area contributed by atoms with Crippen LogP contribution >= 0.6 is 0 Å². The maximum absolute atomic E-state index is 12.8. The zero-order chi connectivity index (χ0) is 14.5. The summed E-state index contributed by atoms with van der Waals surface area (Å²) in [7, 11) is 0. The van der Waals surface area contributed by atoms with E-state index < -0.39 is 6.10 Å². The molecule has 0 aromatic heterocycles. The summed E-state index contributed by atoms with van der Waals surface area (Å²) in [5.74, 6) is -0.128. The number of amides is 1. The van der Waals surface area contributed by atoms with Crippen LogP contribution in [0.3, 0.4) is 0 Å². The summed E-state index contributed by atoms with van der Waals surface area (Å²) in [5.41, 5.74) is 1.74. The van der Waals surface area contributed by atoms with E-state index in [0.717, 1.165) is 11.3 Å². The minimum Gasteiger partial charge on any atom is -0.481 e. The zero-order valence-electron chi connectivity index (χ0n) is 11.4. The second kappa shape index (κ2) is 6.19. The van der Waals surface area contributed by atoms with Crippen molar-refractivity contribution in [3.05, 3.63) is 59.9 Å². The third kappa shape index (κ3) is 3.57. The van der Waals surface area contributed by atoms with Crippen LogP contribution in [0.5, 0.6) is 5.75 Å². The van der Waals surface area contributed by atoms with Gasteiger partial charge in [0.25, 0.3) is 5.91 Å². The van der Waals surface area contributed by atoms with Gasteiger partial charge in [0.15, 0.2) is 6.10 Å². The number of halogens is 1. The molecule has 2 rings (SSSR count). The molecular weight excluding hydrogens is 257 g/mol.